The number of amides is 1. The quantitative estimate of drug-likeness (QED) is 0.245. The molecule has 0 aliphatic carbocycles. The lowest BCUT2D eigenvalue weighted by atomic mass is 9.96. The highest BCUT2D eigenvalue weighted by molar-refractivity contribution is 7.99. The third kappa shape index (κ3) is 4.73. The van der Waals surface area contributed by atoms with Gasteiger partial charge in [-0.25, -0.2) is 4.98 Å². The second-order valence-electron chi connectivity index (χ2n) is 9.43. The molecule has 36 heavy (non-hydrogen) atoms. The minimum absolute atomic E-state index is 0.0602. The molecule has 6 nitrogen and oxygen atoms in total. The molecule has 1 aliphatic rings. The first-order valence-electron chi connectivity index (χ1n) is 12.0. The van der Waals surface area contributed by atoms with Gasteiger partial charge in [-0.1, -0.05) is 55.9 Å². The molecular formula is C28H29N3O3S2. The Morgan fingerprint density at radius 1 is 1.22 bits per heavy atom. The first kappa shape index (κ1) is 24.7. The molecule has 0 fully saturated rings. The van der Waals surface area contributed by atoms with E-state index < -0.39 is 0 Å². The van der Waals surface area contributed by atoms with E-state index in [1.165, 1.54) is 23.1 Å². The fraction of sp³-hybridized carbons (Fsp3) is 0.321. The molecule has 1 aliphatic heterocycles. The number of thiophene rings is 1. The highest BCUT2D eigenvalue weighted by Crippen LogP contribution is 2.36. The Kier molecular flexibility index (Phi) is 7.01. The molecule has 1 atom stereocenters. The summed E-state index contributed by atoms with van der Waals surface area (Å²) in [5.74, 6) is 0.469. The predicted octanol–water partition coefficient (Wildman–Crippen LogP) is 5.61. The van der Waals surface area contributed by atoms with Gasteiger partial charge in [-0.2, -0.15) is 0 Å². The number of benzene rings is 2. The summed E-state index contributed by atoms with van der Waals surface area (Å²) in [4.78, 5) is 35.4. The van der Waals surface area contributed by atoms with Gasteiger partial charge < -0.3 is 9.64 Å². The van der Waals surface area contributed by atoms with Crippen LogP contribution in [0.1, 0.15) is 29.9 Å². The van der Waals surface area contributed by atoms with E-state index in [9.17, 15) is 9.59 Å². The highest BCUT2D eigenvalue weighted by atomic mass is 32.2. The van der Waals surface area contributed by atoms with Crippen molar-refractivity contribution in [3.8, 4) is 5.69 Å². The van der Waals surface area contributed by atoms with Crippen LogP contribution in [0.2, 0.25) is 0 Å². The molecule has 0 unspecified atom stereocenters. The van der Waals surface area contributed by atoms with Crippen molar-refractivity contribution >= 4 is 44.9 Å². The lowest BCUT2D eigenvalue weighted by Crippen LogP contribution is -2.29. The van der Waals surface area contributed by atoms with Crippen LogP contribution >= 0.6 is 23.1 Å². The monoisotopic (exact) mass is 519 g/mol. The molecule has 0 radical (unpaired) electrons. The molecule has 0 saturated carbocycles. The van der Waals surface area contributed by atoms with Gasteiger partial charge in [-0.15, -0.1) is 11.3 Å². The number of hydrogen-bond donors (Lipinski definition) is 0. The molecule has 5 rings (SSSR count). The van der Waals surface area contributed by atoms with Gasteiger partial charge in [0.05, 0.1) is 29.5 Å². The standard InChI is InChI=1S/C28H29N3O3S2/c1-17(2)22-14-21-23(15-34-22)36-26-25(21)27(33)31(20-12-8-9-18(3)13-20)28(29-26)35-16-24(32)30(4)19-10-6-5-7-11-19/h5-13,17,22H,14-16H2,1-4H3/t22-/m1/s1. The van der Waals surface area contributed by atoms with E-state index in [1.807, 2.05) is 61.5 Å². The maximum atomic E-state index is 14.1. The second kappa shape index (κ2) is 10.2. The molecule has 2 aromatic carbocycles. The zero-order valence-electron chi connectivity index (χ0n) is 20.9. The average Bonchev–Trinajstić information content (AvgIpc) is 3.25. The molecule has 3 heterocycles. The minimum atomic E-state index is -0.0844. The summed E-state index contributed by atoms with van der Waals surface area (Å²) in [7, 11) is 1.76. The molecule has 0 N–H and O–H groups in total. The average molecular weight is 520 g/mol. The molecule has 4 aromatic rings. The number of nitrogens with zero attached hydrogens (tertiary/aromatic N) is 3. The van der Waals surface area contributed by atoms with Gasteiger partial charge in [0.15, 0.2) is 5.16 Å². The van der Waals surface area contributed by atoms with E-state index in [2.05, 4.69) is 13.8 Å². The van der Waals surface area contributed by atoms with Crippen LogP contribution < -0.4 is 10.5 Å². The summed E-state index contributed by atoms with van der Waals surface area (Å²) in [6.45, 7) is 6.80. The van der Waals surface area contributed by atoms with E-state index in [0.717, 1.165) is 27.4 Å². The number of rotatable bonds is 6. The van der Waals surface area contributed by atoms with Gasteiger partial charge in [-0.05, 0) is 48.2 Å². The lowest BCUT2D eigenvalue weighted by molar-refractivity contribution is -0.115. The molecular weight excluding hydrogens is 490 g/mol. The van der Waals surface area contributed by atoms with Crippen molar-refractivity contribution in [1.82, 2.24) is 9.55 Å². The number of fused-ring (bicyclic) bond motifs is 3. The molecule has 1 amide bonds. The van der Waals surface area contributed by atoms with Crippen molar-refractivity contribution in [2.24, 2.45) is 5.92 Å². The number of para-hydroxylation sites is 1. The van der Waals surface area contributed by atoms with Crippen molar-refractivity contribution < 1.29 is 9.53 Å². The van der Waals surface area contributed by atoms with Crippen LogP contribution in [0.5, 0.6) is 0 Å². The van der Waals surface area contributed by atoms with E-state index in [4.69, 9.17) is 9.72 Å². The summed E-state index contributed by atoms with van der Waals surface area (Å²) in [5, 5.41) is 1.20. The Labute approximate surface area is 218 Å². The predicted molar refractivity (Wildman–Crippen MR) is 148 cm³/mol. The third-order valence-corrected chi connectivity index (χ3v) is 8.58. The van der Waals surface area contributed by atoms with Crippen molar-refractivity contribution in [1.29, 1.82) is 0 Å². The van der Waals surface area contributed by atoms with Crippen LogP contribution in [0.3, 0.4) is 0 Å². The molecule has 2 aromatic heterocycles. The van der Waals surface area contributed by atoms with E-state index in [0.29, 0.717) is 34.3 Å². The van der Waals surface area contributed by atoms with Crippen molar-refractivity contribution in [2.45, 2.75) is 45.1 Å². The molecule has 0 saturated heterocycles. The van der Waals surface area contributed by atoms with Gasteiger partial charge in [0, 0.05) is 24.0 Å². The Hall–Kier alpha value is -2.94. The van der Waals surface area contributed by atoms with Crippen LogP contribution in [0.15, 0.2) is 64.5 Å². The number of ether oxygens (including phenoxy) is 1. The number of carbonyl (C=O) groups is 1. The summed E-state index contributed by atoms with van der Waals surface area (Å²) in [5.41, 5.74) is 3.62. The Morgan fingerprint density at radius 2 is 2.00 bits per heavy atom. The Morgan fingerprint density at radius 3 is 2.72 bits per heavy atom. The van der Waals surface area contributed by atoms with Crippen LogP contribution in [0.4, 0.5) is 5.69 Å². The van der Waals surface area contributed by atoms with Gasteiger partial charge in [-0.3, -0.25) is 14.2 Å². The number of aromatic nitrogens is 2. The van der Waals surface area contributed by atoms with E-state index >= 15 is 0 Å². The second-order valence-corrected chi connectivity index (χ2v) is 11.5. The first-order chi connectivity index (χ1) is 17.3. The van der Waals surface area contributed by atoms with Gasteiger partial charge >= 0.3 is 0 Å². The number of anilines is 1. The Balaban J connectivity index is 1.57. The number of carbonyl (C=O) groups excluding carboxylic acids is 1. The van der Waals surface area contributed by atoms with Crippen molar-refractivity contribution in [2.75, 3.05) is 17.7 Å². The van der Waals surface area contributed by atoms with Crippen LogP contribution in [-0.2, 0) is 22.6 Å². The van der Waals surface area contributed by atoms with Gasteiger partial charge in [0.2, 0.25) is 5.91 Å². The molecule has 0 bridgehead atoms. The third-order valence-electron chi connectivity index (χ3n) is 6.56. The minimum Gasteiger partial charge on any atom is -0.372 e. The molecule has 8 heteroatoms. The maximum Gasteiger partial charge on any atom is 0.267 e. The Bertz CT molecular complexity index is 1480. The van der Waals surface area contributed by atoms with Gasteiger partial charge in [0.1, 0.15) is 4.83 Å². The number of thioether (sulfide) groups is 1. The fourth-order valence-corrected chi connectivity index (χ4v) is 6.54. The first-order valence-corrected chi connectivity index (χ1v) is 13.8. The largest absolute Gasteiger partial charge is 0.372 e. The summed E-state index contributed by atoms with van der Waals surface area (Å²) in [6.07, 6.45) is 0.798. The number of aryl methyl sites for hydroxylation is 1. The smallest absolute Gasteiger partial charge is 0.267 e. The maximum absolute atomic E-state index is 14.1. The topological polar surface area (TPSA) is 64.4 Å². The summed E-state index contributed by atoms with van der Waals surface area (Å²) >= 11 is 2.82. The zero-order chi connectivity index (χ0) is 25.4. The summed E-state index contributed by atoms with van der Waals surface area (Å²) in [6, 6.07) is 17.4. The fourth-order valence-electron chi connectivity index (χ4n) is 4.45. The highest BCUT2D eigenvalue weighted by Gasteiger charge is 2.29. The lowest BCUT2D eigenvalue weighted by Gasteiger charge is -2.26. The number of hydrogen-bond acceptors (Lipinski definition) is 6. The zero-order valence-corrected chi connectivity index (χ0v) is 22.5. The molecule has 186 valence electrons. The molecule has 0 spiro atoms. The van der Waals surface area contributed by atoms with Crippen LogP contribution in [0.25, 0.3) is 15.9 Å². The van der Waals surface area contributed by atoms with E-state index in [-0.39, 0.29) is 23.3 Å². The van der Waals surface area contributed by atoms with Gasteiger partial charge in [0.25, 0.3) is 5.56 Å². The van der Waals surface area contributed by atoms with Crippen LogP contribution in [0, 0.1) is 12.8 Å². The normalized spacial score (nSPS) is 15.3. The SMILES string of the molecule is Cc1cccc(-n2c(SCC(=O)N(C)c3ccccc3)nc3sc4c(c3c2=O)C[C@H](C(C)C)OC4)c1. The van der Waals surface area contributed by atoms with E-state index in [1.54, 1.807) is 16.5 Å². The van der Waals surface area contributed by atoms with Crippen LogP contribution in [-0.4, -0.2) is 34.4 Å². The van der Waals surface area contributed by atoms with Crippen molar-refractivity contribution in [3.63, 3.8) is 0 Å². The summed E-state index contributed by atoms with van der Waals surface area (Å²) < 4.78 is 7.73. The van der Waals surface area contributed by atoms with Crippen molar-refractivity contribution in [3.05, 3.63) is 81.0 Å².